The number of benzene rings is 1. The van der Waals surface area contributed by atoms with Gasteiger partial charge in [0, 0.05) is 11.4 Å². The molecule has 2 aromatic rings. The summed E-state index contributed by atoms with van der Waals surface area (Å²) in [6.45, 7) is 7.27. The van der Waals surface area contributed by atoms with Crippen LogP contribution in [0.15, 0.2) is 45.5 Å². The number of aromatic nitrogens is 2. The Labute approximate surface area is 173 Å². The molecule has 154 valence electrons. The molecule has 2 N–H and O–H groups in total. The summed E-state index contributed by atoms with van der Waals surface area (Å²) >= 11 is 1.45. The maximum absolute atomic E-state index is 14.0. The van der Waals surface area contributed by atoms with Gasteiger partial charge in [-0.25, -0.2) is 14.2 Å². The molecule has 29 heavy (non-hydrogen) atoms. The number of ether oxygens (including phenoxy) is 1. The Morgan fingerprint density at radius 1 is 1.38 bits per heavy atom. The van der Waals surface area contributed by atoms with Crippen molar-refractivity contribution in [3.63, 3.8) is 0 Å². The Balaban J connectivity index is 2.19. The normalized spacial score (nSPS) is 15.9. The summed E-state index contributed by atoms with van der Waals surface area (Å²) in [5.74, 6) is -0.588. The number of carbonyl (C=O) groups is 1. The number of esters is 1. The Bertz CT molecular complexity index is 1020. The fourth-order valence-corrected chi connectivity index (χ4v) is 3.98. The fraction of sp³-hybridized carbons (Fsp3) is 0.381. The Kier molecular flexibility index (Phi) is 6.42. The largest absolute Gasteiger partial charge is 0.460 e. The van der Waals surface area contributed by atoms with Gasteiger partial charge in [0.2, 0.25) is 0 Å². The number of halogens is 1. The van der Waals surface area contributed by atoms with Crippen LogP contribution in [0.4, 0.5) is 10.2 Å². The molecule has 0 radical (unpaired) electrons. The summed E-state index contributed by atoms with van der Waals surface area (Å²) in [4.78, 5) is 33.2. The second-order valence-corrected chi connectivity index (χ2v) is 8.17. The number of nitrogens with one attached hydrogen (secondary N) is 2. The number of H-pyrrole nitrogens is 1. The fourth-order valence-electron chi connectivity index (χ4n) is 3.27. The number of aromatic amines is 1. The van der Waals surface area contributed by atoms with Crippen LogP contribution in [0.2, 0.25) is 0 Å². The molecule has 0 unspecified atom stereocenters. The molecule has 1 aliphatic rings. The zero-order valence-corrected chi connectivity index (χ0v) is 17.7. The summed E-state index contributed by atoms with van der Waals surface area (Å²) < 4.78 is 19.4. The first-order valence-electron chi connectivity index (χ1n) is 9.53. The first kappa shape index (κ1) is 21.1. The lowest BCUT2D eigenvalue weighted by Gasteiger charge is -2.29. The van der Waals surface area contributed by atoms with Crippen molar-refractivity contribution in [2.24, 2.45) is 0 Å². The van der Waals surface area contributed by atoms with E-state index in [1.807, 2.05) is 6.92 Å². The van der Waals surface area contributed by atoms with E-state index in [0.29, 0.717) is 22.2 Å². The van der Waals surface area contributed by atoms with Crippen molar-refractivity contribution in [3.05, 3.63) is 62.8 Å². The molecular weight excluding hydrogens is 393 g/mol. The van der Waals surface area contributed by atoms with Crippen LogP contribution in [0.3, 0.4) is 0 Å². The number of thioether (sulfide) groups is 1. The number of nitrogens with zero attached hydrogens (tertiary/aromatic N) is 1. The van der Waals surface area contributed by atoms with Crippen LogP contribution in [0, 0.1) is 5.82 Å². The van der Waals surface area contributed by atoms with Crippen LogP contribution in [-0.4, -0.2) is 27.8 Å². The van der Waals surface area contributed by atoms with Crippen molar-refractivity contribution in [1.29, 1.82) is 0 Å². The van der Waals surface area contributed by atoms with E-state index in [0.717, 1.165) is 12.2 Å². The van der Waals surface area contributed by atoms with E-state index in [1.54, 1.807) is 32.9 Å². The van der Waals surface area contributed by atoms with Gasteiger partial charge in [-0.2, -0.15) is 0 Å². The van der Waals surface area contributed by atoms with Gasteiger partial charge in [0.05, 0.1) is 23.2 Å². The Hall–Kier alpha value is -2.61. The molecule has 0 amide bonds. The maximum atomic E-state index is 14.0. The third-order valence-corrected chi connectivity index (χ3v) is 5.49. The molecule has 6 nitrogen and oxygen atoms in total. The van der Waals surface area contributed by atoms with Crippen LogP contribution < -0.4 is 10.9 Å². The average Bonchev–Trinajstić information content (AvgIpc) is 2.64. The van der Waals surface area contributed by atoms with E-state index in [-0.39, 0.29) is 22.8 Å². The standard InChI is InChI=1S/C21H24FN3O3S/c1-5-9-29-21-24-18-17(19(26)25-21)16(13-7-6-8-14(22)10-13)15(12(4)23-18)20(27)28-11(2)3/h6-8,10-11,16H,5,9H2,1-4H3,(H2,23,24,25,26)/t16-/m0/s1. The minimum absolute atomic E-state index is 0.276. The number of hydrogen-bond acceptors (Lipinski definition) is 6. The molecule has 0 spiro atoms. The number of rotatable bonds is 6. The third-order valence-electron chi connectivity index (χ3n) is 4.41. The maximum Gasteiger partial charge on any atom is 0.337 e. The van der Waals surface area contributed by atoms with Crippen LogP contribution in [0.25, 0.3) is 0 Å². The lowest BCUT2D eigenvalue weighted by Crippen LogP contribution is -2.32. The van der Waals surface area contributed by atoms with Crippen molar-refractivity contribution in [1.82, 2.24) is 9.97 Å². The predicted molar refractivity (Wildman–Crippen MR) is 112 cm³/mol. The van der Waals surface area contributed by atoms with E-state index in [2.05, 4.69) is 15.3 Å². The molecule has 1 atom stereocenters. The van der Waals surface area contributed by atoms with Crippen molar-refractivity contribution in [2.45, 2.75) is 51.3 Å². The number of fused-ring (bicyclic) bond motifs is 1. The second-order valence-electron chi connectivity index (χ2n) is 7.09. The van der Waals surface area contributed by atoms with Gasteiger partial charge in [-0.05, 0) is 44.9 Å². The van der Waals surface area contributed by atoms with Gasteiger partial charge in [-0.15, -0.1) is 0 Å². The number of anilines is 1. The number of allylic oxidation sites excluding steroid dienone is 1. The average molecular weight is 418 g/mol. The summed E-state index contributed by atoms with van der Waals surface area (Å²) in [7, 11) is 0. The molecular formula is C21H24FN3O3S. The van der Waals surface area contributed by atoms with E-state index >= 15 is 0 Å². The van der Waals surface area contributed by atoms with E-state index < -0.39 is 17.7 Å². The van der Waals surface area contributed by atoms with Gasteiger partial charge < -0.3 is 15.0 Å². The number of hydrogen-bond donors (Lipinski definition) is 2. The molecule has 8 heteroatoms. The summed E-state index contributed by atoms with van der Waals surface area (Å²) in [6, 6.07) is 5.90. The quantitative estimate of drug-likeness (QED) is 0.416. The zero-order chi connectivity index (χ0) is 21.1. The minimum atomic E-state index is -0.783. The third kappa shape index (κ3) is 4.53. The van der Waals surface area contributed by atoms with Crippen LogP contribution in [0.5, 0.6) is 0 Å². The van der Waals surface area contributed by atoms with Crippen molar-refractivity contribution >= 4 is 23.5 Å². The predicted octanol–water partition coefficient (Wildman–Crippen LogP) is 4.19. The summed E-state index contributed by atoms with van der Waals surface area (Å²) in [5.41, 5.74) is 1.21. The SMILES string of the molecule is CCCSc1nc2c(c(=O)[nH]1)[C@@H](c1cccc(F)c1)C(C(=O)OC(C)C)=C(C)N2. The zero-order valence-electron chi connectivity index (χ0n) is 16.8. The first-order chi connectivity index (χ1) is 13.8. The monoisotopic (exact) mass is 417 g/mol. The van der Waals surface area contributed by atoms with Crippen molar-refractivity contribution < 1.29 is 13.9 Å². The lowest BCUT2D eigenvalue weighted by atomic mass is 9.82. The van der Waals surface area contributed by atoms with Gasteiger partial charge >= 0.3 is 5.97 Å². The molecule has 0 saturated heterocycles. The first-order valence-corrected chi connectivity index (χ1v) is 10.5. The Morgan fingerprint density at radius 3 is 2.79 bits per heavy atom. The molecule has 0 aliphatic carbocycles. The summed E-state index contributed by atoms with van der Waals surface area (Å²) in [6.07, 6.45) is 0.608. The minimum Gasteiger partial charge on any atom is -0.460 e. The molecule has 0 bridgehead atoms. The van der Waals surface area contributed by atoms with Gasteiger partial charge in [-0.3, -0.25) is 4.79 Å². The Morgan fingerprint density at radius 2 is 2.14 bits per heavy atom. The lowest BCUT2D eigenvalue weighted by molar-refractivity contribution is -0.143. The van der Waals surface area contributed by atoms with Gasteiger partial charge in [0.1, 0.15) is 11.6 Å². The van der Waals surface area contributed by atoms with Crippen molar-refractivity contribution in [3.8, 4) is 0 Å². The number of carbonyl (C=O) groups excluding carboxylic acids is 1. The second kappa shape index (κ2) is 8.82. The highest BCUT2D eigenvalue weighted by Crippen LogP contribution is 2.40. The van der Waals surface area contributed by atoms with Gasteiger partial charge in [-0.1, -0.05) is 30.8 Å². The van der Waals surface area contributed by atoms with Crippen LogP contribution in [-0.2, 0) is 9.53 Å². The van der Waals surface area contributed by atoms with E-state index in [4.69, 9.17) is 4.74 Å². The molecule has 2 heterocycles. The summed E-state index contributed by atoms with van der Waals surface area (Å²) in [5, 5.41) is 3.58. The van der Waals surface area contributed by atoms with Crippen LogP contribution in [0.1, 0.15) is 51.2 Å². The molecule has 1 aromatic carbocycles. The van der Waals surface area contributed by atoms with Gasteiger partial charge in [0.25, 0.3) is 5.56 Å². The van der Waals surface area contributed by atoms with Crippen LogP contribution >= 0.6 is 11.8 Å². The van der Waals surface area contributed by atoms with Gasteiger partial charge in [0.15, 0.2) is 5.16 Å². The molecule has 1 aromatic heterocycles. The molecule has 1 aliphatic heterocycles. The highest BCUT2D eigenvalue weighted by molar-refractivity contribution is 7.99. The topological polar surface area (TPSA) is 84.1 Å². The molecule has 0 saturated carbocycles. The van der Waals surface area contributed by atoms with E-state index in [1.165, 1.54) is 23.9 Å². The smallest absolute Gasteiger partial charge is 0.337 e. The van der Waals surface area contributed by atoms with Crippen molar-refractivity contribution in [2.75, 3.05) is 11.1 Å². The molecule has 3 rings (SSSR count). The highest BCUT2D eigenvalue weighted by atomic mass is 32.2. The van der Waals surface area contributed by atoms with E-state index in [9.17, 15) is 14.0 Å². The molecule has 0 fully saturated rings. The highest BCUT2D eigenvalue weighted by Gasteiger charge is 2.36.